The van der Waals surface area contributed by atoms with Crippen LogP contribution in [0.25, 0.3) is 0 Å². The van der Waals surface area contributed by atoms with Gasteiger partial charge in [-0.1, -0.05) is 0 Å². The molecule has 0 aromatic rings. The van der Waals surface area contributed by atoms with Gasteiger partial charge in [0.1, 0.15) is 0 Å². The Hall–Kier alpha value is -0.740. The zero-order valence-electron chi connectivity index (χ0n) is 5.90. The first kappa shape index (κ1) is 8.36. The van der Waals surface area contributed by atoms with E-state index in [0.29, 0.717) is 4.90 Å². The summed E-state index contributed by atoms with van der Waals surface area (Å²) < 4.78 is 35.9. The van der Waals surface area contributed by atoms with Crippen molar-refractivity contribution in [3.8, 4) is 0 Å². The van der Waals surface area contributed by atoms with Crippen LogP contribution in [0.2, 0.25) is 0 Å². The van der Waals surface area contributed by atoms with Crippen LogP contribution in [-0.4, -0.2) is 24.0 Å². The van der Waals surface area contributed by atoms with Gasteiger partial charge in [0.25, 0.3) is 0 Å². The lowest BCUT2D eigenvalue weighted by atomic mass is 10.2. The Labute approximate surface area is 62.0 Å². The van der Waals surface area contributed by atoms with Gasteiger partial charge < -0.3 is 4.90 Å². The number of rotatable bonds is 0. The summed E-state index contributed by atoms with van der Waals surface area (Å²) in [6.07, 6.45) is -4.55. The number of nitrogens with zero attached hydrogens (tertiary/aromatic N) is 1. The van der Waals surface area contributed by atoms with Gasteiger partial charge in [-0.15, -0.1) is 0 Å². The molecule has 11 heavy (non-hydrogen) atoms. The van der Waals surface area contributed by atoms with Crippen LogP contribution in [0.3, 0.4) is 0 Å². The van der Waals surface area contributed by atoms with Crippen molar-refractivity contribution in [2.75, 3.05) is 7.05 Å². The summed E-state index contributed by atoms with van der Waals surface area (Å²) in [7, 11) is 1.15. The van der Waals surface area contributed by atoms with Crippen LogP contribution in [0.4, 0.5) is 13.2 Å². The smallest absolute Gasteiger partial charge is 0.329 e. The normalized spacial score (nSPS) is 21.5. The first-order valence-corrected chi connectivity index (χ1v) is 3.12. The van der Waals surface area contributed by atoms with Crippen molar-refractivity contribution in [1.82, 2.24) is 4.90 Å². The van der Waals surface area contributed by atoms with Crippen molar-refractivity contribution in [3.05, 3.63) is 6.04 Å². The summed E-state index contributed by atoms with van der Waals surface area (Å²) in [5.41, 5.74) is 0. The molecular formula is C6H7F3NO. The first-order chi connectivity index (χ1) is 4.93. The Morgan fingerprint density at radius 1 is 1.36 bits per heavy atom. The third-order valence-corrected chi connectivity index (χ3v) is 1.68. The van der Waals surface area contributed by atoms with Gasteiger partial charge in [0.2, 0.25) is 5.91 Å². The summed E-state index contributed by atoms with van der Waals surface area (Å²) in [5.74, 6) is -0.461. The first-order valence-electron chi connectivity index (χ1n) is 3.12. The summed E-state index contributed by atoms with van der Waals surface area (Å²) in [5, 5.41) is 0. The van der Waals surface area contributed by atoms with E-state index in [-0.39, 0.29) is 12.8 Å². The van der Waals surface area contributed by atoms with Crippen molar-refractivity contribution in [1.29, 1.82) is 0 Å². The number of halogens is 3. The molecular weight excluding hydrogens is 159 g/mol. The fourth-order valence-corrected chi connectivity index (χ4v) is 1.04. The average molecular weight is 166 g/mol. The topological polar surface area (TPSA) is 20.3 Å². The Balaban J connectivity index is 2.70. The van der Waals surface area contributed by atoms with Gasteiger partial charge >= 0.3 is 6.18 Å². The van der Waals surface area contributed by atoms with E-state index in [9.17, 15) is 18.0 Å². The number of amides is 1. The van der Waals surface area contributed by atoms with Gasteiger partial charge in [-0.2, -0.15) is 13.2 Å². The minimum Gasteiger partial charge on any atom is -0.329 e. The van der Waals surface area contributed by atoms with Crippen LogP contribution in [0.1, 0.15) is 12.8 Å². The molecule has 0 aromatic carbocycles. The van der Waals surface area contributed by atoms with Crippen LogP contribution in [-0.2, 0) is 4.79 Å². The van der Waals surface area contributed by atoms with Crippen molar-refractivity contribution >= 4 is 5.91 Å². The maximum absolute atomic E-state index is 12.0. The van der Waals surface area contributed by atoms with E-state index in [2.05, 4.69) is 0 Å². The van der Waals surface area contributed by atoms with Crippen LogP contribution in [0.5, 0.6) is 0 Å². The molecule has 1 aliphatic heterocycles. The Bertz CT molecular complexity index is 177. The number of carbonyl (C=O) groups excluding carboxylic acids is 1. The molecule has 0 aromatic heterocycles. The molecule has 0 atom stereocenters. The number of alkyl halides is 3. The quantitative estimate of drug-likeness (QED) is 0.531. The van der Waals surface area contributed by atoms with E-state index >= 15 is 0 Å². The summed E-state index contributed by atoms with van der Waals surface area (Å²) >= 11 is 0. The van der Waals surface area contributed by atoms with Crippen LogP contribution in [0.15, 0.2) is 0 Å². The van der Waals surface area contributed by atoms with E-state index in [0.717, 1.165) is 7.05 Å². The molecule has 1 amide bonds. The molecule has 1 radical (unpaired) electrons. The molecule has 5 heteroatoms. The lowest BCUT2D eigenvalue weighted by molar-refractivity contribution is -0.146. The molecule has 0 aliphatic carbocycles. The average Bonchev–Trinajstić information content (AvgIpc) is 2.11. The number of likely N-dealkylation sites (tertiary alicyclic amines) is 1. The lowest BCUT2D eigenvalue weighted by Crippen LogP contribution is -2.33. The largest absolute Gasteiger partial charge is 0.414 e. The second-order valence-corrected chi connectivity index (χ2v) is 2.40. The summed E-state index contributed by atoms with van der Waals surface area (Å²) in [4.78, 5) is 11.3. The van der Waals surface area contributed by atoms with Crippen LogP contribution < -0.4 is 0 Å². The van der Waals surface area contributed by atoms with E-state index in [1.54, 1.807) is 0 Å². The molecule has 63 valence electrons. The second-order valence-electron chi connectivity index (χ2n) is 2.40. The zero-order valence-corrected chi connectivity index (χ0v) is 5.90. The number of hydrogen-bond donors (Lipinski definition) is 0. The fourth-order valence-electron chi connectivity index (χ4n) is 1.04. The molecule has 1 fully saturated rings. The lowest BCUT2D eigenvalue weighted by Gasteiger charge is -2.20. The van der Waals surface area contributed by atoms with E-state index in [4.69, 9.17) is 0 Å². The predicted molar refractivity (Wildman–Crippen MR) is 31.3 cm³/mol. The molecule has 0 bridgehead atoms. The monoisotopic (exact) mass is 166 g/mol. The van der Waals surface area contributed by atoms with Gasteiger partial charge in [-0.25, -0.2) is 0 Å². The van der Waals surface area contributed by atoms with E-state index in [1.165, 1.54) is 0 Å². The van der Waals surface area contributed by atoms with Crippen LogP contribution >= 0.6 is 0 Å². The maximum Gasteiger partial charge on any atom is 0.414 e. The fraction of sp³-hybridized carbons (Fsp3) is 0.667. The van der Waals surface area contributed by atoms with Gasteiger partial charge in [-0.3, -0.25) is 4.79 Å². The molecule has 2 nitrogen and oxygen atoms in total. The maximum atomic E-state index is 12.0. The molecule has 0 spiro atoms. The van der Waals surface area contributed by atoms with Crippen molar-refractivity contribution in [2.45, 2.75) is 19.0 Å². The molecule has 0 unspecified atom stereocenters. The van der Waals surface area contributed by atoms with Gasteiger partial charge in [-0.05, 0) is 6.42 Å². The Kier molecular flexibility index (Phi) is 1.82. The SMILES string of the molecule is CN1[C](C(F)(F)F)CCC1=O. The van der Waals surface area contributed by atoms with Crippen LogP contribution in [0, 0.1) is 6.04 Å². The second kappa shape index (κ2) is 2.39. The Morgan fingerprint density at radius 3 is 2.09 bits per heavy atom. The Morgan fingerprint density at radius 2 is 1.91 bits per heavy atom. The van der Waals surface area contributed by atoms with Gasteiger partial charge in [0, 0.05) is 13.5 Å². The summed E-state index contributed by atoms with van der Waals surface area (Å²) in [6, 6.07) is -0.734. The highest BCUT2D eigenvalue weighted by atomic mass is 19.4. The van der Waals surface area contributed by atoms with Gasteiger partial charge in [0.05, 0.1) is 0 Å². The molecule has 1 rings (SSSR count). The van der Waals surface area contributed by atoms with E-state index in [1.807, 2.05) is 0 Å². The molecule has 0 saturated carbocycles. The van der Waals surface area contributed by atoms with Gasteiger partial charge in [0.15, 0.2) is 6.04 Å². The third kappa shape index (κ3) is 1.46. The number of hydrogen-bond acceptors (Lipinski definition) is 1. The highest BCUT2D eigenvalue weighted by Gasteiger charge is 2.48. The summed E-state index contributed by atoms with van der Waals surface area (Å²) in [6.45, 7) is 0. The van der Waals surface area contributed by atoms with Crippen molar-refractivity contribution in [3.63, 3.8) is 0 Å². The molecule has 1 saturated heterocycles. The third-order valence-electron chi connectivity index (χ3n) is 1.68. The predicted octanol–water partition coefficient (Wildman–Crippen LogP) is 1.33. The minimum atomic E-state index is -4.35. The zero-order chi connectivity index (χ0) is 8.65. The van der Waals surface area contributed by atoms with Crippen molar-refractivity contribution < 1.29 is 18.0 Å². The standard InChI is InChI=1S/C6H7F3NO/c1-10-4(6(7,8)9)2-3-5(10)11/h2-3H2,1H3. The van der Waals surface area contributed by atoms with Crippen molar-refractivity contribution in [2.24, 2.45) is 0 Å². The molecule has 1 heterocycles. The highest BCUT2D eigenvalue weighted by molar-refractivity contribution is 5.80. The minimum absolute atomic E-state index is 0.0225. The van der Waals surface area contributed by atoms with E-state index < -0.39 is 18.1 Å². The molecule has 0 N–H and O–H groups in total. The molecule has 1 aliphatic rings. The number of carbonyl (C=O) groups is 1. The highest BCUT2D eigenvalue weighted by Crippen LogP contribution is 2.38.